The van der Waals surface area contributed by atoms with E-state index in [4.69, 9.17) is 4.52 Å². The van der Waals surface area contributed by atoms with E-state index in [2.05, 4.69) is 43.7 Å². The van der Waals surface area contributed by atoms with Crippen LogP contribution in [0.25, 0.3) is 22.6 Å². The highest BCUT2D eigenvalue weighted by molar-refractivity contribution is 5.63. The van der Waals surface area contributed by atoms with Crippen molar-refractivity contribution in [1.29, 1.82) is 0 Å². The summed E-state index contributed by atoms with van der Waals surface area (Å²) in [6, 6.07) is 12.1. The Morgan fingerprint density at radius 3 is 2.81 bits per heavy atom. The van der Waals surface area contributed by atoms with Crippen LogP contribution in [0.15, 0.2) is 59.5 Å². The largest absolute Gasteiger partial charge is 0.366 e. The molecule has 0 aliphatic heterocycles. The van der Waals surface area contributed by atoms with Crippen molar-refractivity contribution >= 4 is 5.82 Å². The van der Waals surface area contributed by atoms with Gasteiger partial charge in [-0.2, -0.15) is 10.1 Å². The van der Waals surface area contributed by atoms with Crippen LogP contribution in [0, 0.1) is 6.92 Å². The van der Waals surface area contributed by atoms with Gasteiger partial charge in [0.05, 0.1) is 6.20 Å². The molecule has 7 heteroatoms. The summed E-state index contributed by atoms with van der Waals surface area (Å²) in [6.07, 6.45) is 5.59. The first-order valence-electron chi connectivity index (χ1n) is 8.26. The first-order valence-corrected chi connectivity index (χ1v) is 8.26. The average molecular weight is 346 g/mol. The Kier molecular flexibility index (Phi) is 4.18. The van der Waals surface area contributed by atoms with Gasteiger partial charge < -0.3 is 9.84 Å². The van der Waals surface area contributed by atoms with Crippen LogP contribution in [0.5, 0.6) is 0 Å². The molecule has 0 aliphatic carbocycles. The van der Waals surface area contributed by atoms with Crippen LogP contribution in [0.2, 0.25) is 0 Å². The molecule has 3 heterocycles. The molecule has 4 aromatic rings. The lowest BCUT2D eigenvalue weighted by Crippen LogP contribution is -2.01. The molecule has 0 radical (unpaired) electrons. The van der Waals surface area contributed by atoms with Gasteiger partial charge >= 0.3 is 0 Å². The topological polar surface area (TPSA) is 81.7 Å². The molecule has 26 heavy (non-hydrogen) atoms. The number of rotatable bonds is 5. The van der Waals surface area contributed by atoms with Crippen LogP contribution in [0.1, 0.15) is 11.4 Å². The van der Waals surface area contributed by atoms with Gasteiger partial charge in [-0.05, 0) is 36.2 Å². The second kappa shape index (κ2) is 6.79. The SMILES string of the molecule is Cc1noc(-c2ccnc(NCc3cccc(-c4cnn(C)c4)c3)c2)n1. The first-order chi connectivity index (χ1) is 12.7. The second-order valence-electron chi connectivity index (χ2n) is 6.03. The number of nitrogens with one attached hydrogen (secondary N) is 1. The quantitative estimate of drug-likeness (QED) is 0.596. The van der Waals surface area contributed by atoms with Gasteiger partial charge in [-0.3, -0.25) is 4.68 Å². The predicted octanol–water partition coefficient (Wildman–Crippen LogP) is 3.45. The van der Waals surface area contributed by atoms with Crippen molar-refractivity contribution in [3.8, 4) is 22.6 Å². The molecule has 0 atom stereocenters. The van der Waals surface area contributed by atoms with Gasteiger partial charge in [-0.15, -0.1) is 0 Å². The van der Waals surface area contributed by atoms with Crippen LogP contribution >= 0.6 is 0 Å². The molecule has 0 aliphatic rings. The highest BCUT2D eigenvalue weighted by Crippen LogP contribution is 2.22. The van der Waals surface area contributed by atoms with Crippen molar-refractivity contribution < 1.29 is 4.52 Å². The number of hydrogen-bond acceptors (Lipinski definition) is 6. The predicted molar refractivity (Wildman–Crippen MR) is 98.2 cm³/mol. The number of aryl methyl sites for hydroxylation is 2. The van der Waals surface area contributed by atoms with Gasteiger partial charge in [-0.25, -0.2) is 4.98 Å². The standard InChI is InChI=1S/C19H18N6O/c1-13-23-19(26-24-13)16-6-7-20-18(9-16)21-10-14-4-3-5-15(8-14)17-11-22-25(2)12-17/h3-9,11-12H,10H2,1-2H3,(H,20,21). The summed E-state index contributed by atoms with van der Waals surface area (Å²) in [5.41, 5.74) is 4.24. The van der Waals surface area contributed by atoms with Crippen molar-refractivity contribution in [3.63, 3.8) is 0 Å². The third kappa shape index (κ3) is 3.46. The van der Waals surface area contributed by atoms with Gasteiger partial charge in [0.2, 0.25) is 0 Å². The summed E-state index contributed by atoms with van der Waals surface area (Å²) in [7, 11) is 1.92. The summed E-state index contributed by atoms with van der Waals surface area (Å²) in [5.74, 6) is 1.86. The first kappa shape index (κ1) is 16.0. The van der Waals surface area contributed by atoms with E-state index in [1.165, 1.54) is 0 Å². The Bertz CT molecular complexity index is 952. The maximum atomic E-state index is 5.21. The van der Waals surface area contributed by atoms with Gasteiger partial charge in [0.15, 0.2) is 5.82 Å². The maximum absolute atomic E-state index is 5.21. The van der Waals surface area contributed by atoms with Gasteiger partial charge in [-0.1, -0.05) is 23.4 Å². The van der Waals surface area contributed by atoms with E-state index in [1.807, 2.05) is 37.6 Å². The highest BCUT2D eigenvalue weighted by Gasteiger charge is 2.08. The minimum absolute atomic E-state index is 0.492. The van der Waals surface area contributed by atoms with Crippen molar-refractivity contribution in [2.75, 3.05) is 5.32 Å². The molecule has 4 rings (SSSR count). The Labute approximate surface area is 150 Å². The van der Waals surface area contributed by atoms with Gasteiger partial charge in [0.1, 0.15) is 5.82 Å². The number of benzene rings is 1. The minimum atomic E-state index is 0.492. The molecule has 1 N–H and O–H groups in total. The maximum Gasteiger partial charge on any atom is 0.258 e. The lowest BCUT2D eigenvalue weighted by atomic mass is 10.1. The average Bonchev–Trinajstić information content (AvgIpc) is 3.29. The minimum Gasteiger partial charge on any atom is -0.366 e. The van der Waals surface area contributed by atoms with E-state index in [0.29, 0.717) is 18.3 Å². The molecule has 0 spiro atoms. The monoisotopic (exact) mass is 346 g/mol. The molecule has 0 saturated heterocycles. The molecular weight excluding hydrogens is 328 g/mol. The Morgan fingerprint density at radius 2 is 2.04 bits per heavy atom. The van der Waals surface area contributed by atoms with E-state index in [0.717, 1.165) is 28.1 Å². The van der Waals surface area contributed by atoms with Crippen molar-refractivity contribution in [2.24, 2.45) is 7.05 Å². The zero-order chi connectivity index (χ0) is 17.9. The summed E-state index contributed by atoms with van der Waals surface area (Å²) in [6.45, 7) is 2.45. The molecule has 3 aromatic heterocycles. The number of nitrogens with zero attached hydrogens (tertiary/aromatic N) is 5. The van der Waals surface area contributed by atoms with Crippen molar-refractivity contribution in [3.05, 3.63) is 66.4 Å². The molecule has 0 bridgehead atoms. The fraction of sp³-hybridized carbons (Fsp3) is 0.158. The molecule has 0 saturated carbocycles. The van der Waals surface area contributed by atoms with Crippen molar-refractivity contribution in [1.82, 2.24) is 24.9 Å². The zero-order valence-corrected chi connectivity index (χ0v) is 14.5. The molecule has 7 nitrogen and oxygen atoms in total. The lowest BCUT2D eigenvalue weighted by molar-refractivity contribution is 0.425. The fourth-order valence-corrected chi connectivity index (χ4v) is 2.70. The highest BCUT2D eigenvalue weighted by atomic mass is 16.5. The number of hydrogen-bond donors (Lipinski definition) is 1. The Morgan fingerprint density at radius 1 is 1.12 bits per heavy atom. The van der Waals surface area contributed by atoms with E-state index in [1.54, 1.807) is 17.8 Å². The van der Waals surface area contributed by atoms with Crippen LogP contribution in [-0.2, 0) is 13.6 Å². The molecule has 0 unspecified atom stereocenters. The smallest absolute Gasteiger partial charge is 0.258 e. The molecule has 0 fully saturated rings. The van der Waals surface area contributed by atoms with E-state index >= 15 is 0 Å². The molecule has 0 amide bonds. The number of anilines is 1. The van der Waals surface area contributed by atoms with Gasteiger partial charge in [0.25, 0.3) is 5.89 Å². The lowest BCUT2D eigenvalue weighted by Gasteiger charge is -2.08. The molecule has 1 aromatic carbocycles. The van der Waals surface area contributed by atoms with Gasteiger partial charge in [0, 0.05) is 37.1 Å². The van der Waals surface area contributed by atoms with Crippen LogP contribution in [0.4, 0.5) is 5.82 Å². The number of pyridine rings is 1. The summed E-state index contributed by atoms with van der Waals surface area (Å²) in [5, 5.41) is 11.4. The van der Waals surface area contributed by atoms with Crippen LogP contribution in [0.3, 0.4) is 0 Å². The normalized spacial score (nSPS) is 10.8. The summed E-state index contributed by atoms with van der Waals surface area (Å²) in [4.78, 5) is 8.60. The third-order valence-corrected chi connectivity index (χ3v) is 3.97. The van der Waals surface area contributed by atoms with Crippen molar-refractivity contribution in [2.45, 2.75) is 13.5 Å². The Balaban J connectivity index is 1.49. The summed E-state index contributed by atoms with van der Waals surface area (Å²) < 4.78 is 7.01. The van der Waals surface area contributed by atoms with E-state index in [9.17, 15) is 0 Å². The fourth-order valence-electron chi connectivity index (χ4n) is 2.70. The summed E-state index contributed by atoms with van der Waals surface area (Å²) >= 11 is 0. The van der Waals surface area contributed by atoms with E-state index in [-0.39, 0.29) is 0 Å². The zero-order valence-electron chi connectivity index (χ0n) is 14.5. The molecular formula is C19H18N6O. The second-order valence-corrected chi connectivity index (χ2v) is 6.03. The van der Waals surface area contributed by atoms with E-state index < -0.39 is 0 Å². The third-order valence-electron chi connectivity index (χ3n) is 3.97. The van der Waals surface area contributed by atoms with Crippen LogP contribution < -0.4 is 5.32 Å². The molecule has 130 valence electrons. The Hall–Kier alpha value is -3.48. The number of aromatic nitrogens is 5. The van der Waals surface area contributed by atoms with Crippen LogP contribution in [-0.4, -0.2) is 24.9 Å².